The highest BCUT2D eigenvalue weighted by Crippen LogP contribution is 2.10. The van der Waals surface area contributed by atoms with Crippen molar-refractivity contribution in [1.82, 2.24) is 9.78 Å². The van der Waals surface area contributed by atoms with E-state index in [0.29, 0.717) is 16.3 Å². The van der Waals surface area contributed by atoms with Gasteiger partial charge in [0.25, 0.3) is 5.91 Å². The number of carbonyl (C=O) groups excluding carboxylic acids is 1. The monoisotopic (exact) mass is 263 g/mol. The molecule has 2 rings (SSSR count). The molecule has 1 amide bonds. The molecule has 94 valence electrons. The number of benzene rings is 1. The maximum atomic E-state index is 11.9. The van der Waals surface area contributed by atoms with E-state index < -0.39 is 10.8 Å². The summed E-state index contributed by atoms with van der Waals surface area (Å²) in [4.78, 5) is 12.6. The lowest BCUT2D eigenvalue weighted by molar-refractivity contribution is 0.102. The molecule has 0 aliphatic carbocycles. The Balaban J connectivity index is 2.11. The highest BCUT2D eigenvalue weighted by Gasteiger charge is 2.08. The molecule has 0 saturated carbocycles. The molecule has 0 saturated heterocycles. The van der Waals surface area contributed by atoms with Gasteiger partial charge in [0.15, 0.2) is 5.82 Å². The highest BCUT2D eigenvalue weighted by molar-refractivity contribution is 7.84. The fourth-order valence-electron chi connectivity index (χ4n) is 1.47. The molecule has 1 heterocycles. The molecule has 0 fully saturated rings. The van der Waals surface area contributed by atoms with Gasteiger partial charge in [0.1, 0.15) is 0 Å². The summed E-state index contributed by atoms with van der Waals surface area (Å²) in [5.74, 6) is 0.271. The Hall–Kier alpha value is -1.95. The summed E-state index contributed by atoms with van der Waals surface area (Å²) < 4.78 is 12.8. The number of hydrogen-bond donors (Lipinski definition) is 1. The van der Waals surface area contributed by atoms with E-state index in [1.165, 1.54) is 0 Å². The zero-order chi connectivity index (χ0) is 13.1. The predicted octanol–water partition coefficient (Wildman–Crippen LogP) is 1.41. The van der Waals surface area contributed by atoms with Crippen LogP contribution in [0.15, 0.2) is 41.4 Å². The van der Waals surface area contributed by atoms with E-state index in [9.17, 15) is 9.00 Å². The first kappa shape index (κ1) is 12.5. The minimum absolute atomic E-state index is 0.234. The second kappa shape index (κ2) is 5.14. The number of rotatable bonds is 3. The van der Waals surface area contributed by atoms with Crippen LogP contribution in [0.3, 0.4) is 0 Å². The lowest BCUT2D eigenvalue weighted by Crippen LogP contribution is -2.12. The van der Waals surface area contributed by atoms with Crippen LogP contribution >= 0.6 is 0 Å². The molecule has 1 N–H and O–H groups in total. The second-order valence-corrected chi connectivity index (χ2v) is 5.19. The van der Waals surface area contributed by atoms with Gasteiger partial charge in [0, 0.05) is 46.8 Å². The molecule has 2 aromatic rings. The molecule has 0 radical (unpaired) electrons. The Bertz CT molecular complexity index is 590. The number of hydrogen-bond acceptors (Lipinski definition) is 3. The van der Waals surface area contributed by atoms with Crippen LogP contribution in [0, 0.1) is 0 Å². The van der Waals surface area contributed by atoms with Crippen LogP contribution in [0.4, 0.5) is 5.82 Å². The van der Waals surface area contributed by atoms with Crippen LogP contribution in [-0.4, -0.2) is 26.2 Å². The zero-order valence-electron chi connectivity index (χ0n) is 10.1. The molecule has 1 aromatic carbocycles. The Morgan fingerprint density at radius 1 is 1.28 bits per heavy atom. The van der Waals surface area contributed by atoms with Gasteiger partial charge in [-0.1, -0.05) is 0 Å². The Kier molecular flexibility index (Phi) is 3.57. The number of amides is 1. The summed E-state index contributed by atoms with van der Waals surface area (Å²) in [6, 6.07) is 8.38. The third-order valence-electron chi connectivity index (χ3n) is 2.40. The first-order chi connectivity index (χ1) is 8.56. The van der Waals surface area contributed by atoms with Crippen molar-refractivity contribution in [3.05, 3.63) is 42.1 Å². The Morgan fingerprint density at radius 2 is 1.94 bits per heavy atom. The lowest BCUT2D eigenvalue weighted by atomic mass is 10.2. The summed E-state index contributed by atoms with van der Waals surface area (Å²) in [5.41, 5.74) is 0.509. The molecule has 18 heavy (non-hydrogen) atoms. The van der Waals surface area contributed by atoms with E-state index in [1.807, 2.05) is 0 Å². The molecule has 5 nitrogen and oxygen atoms in total. The van der Waals surface area contributed by atoms with Crippen molar-refractivity contribution in [2.24, 2.45) is 7.05 Å². The SMILES string of the molecule is Cn1ccc(NC(=O)c2ccc([S@](C)=O)cc2)n1. The minimum atomic E-state index is -1.03. The summed E-state index contributed by atoms with van der Waals surface area (Å²) >= 11 is 0. The molecule has 0 aliphatic heterocycles. The molecule has 1 atom stereocenters. The molecule has 0 aliphatic rings. The van der Waals surface area contributed by atoms with Gasteiger partial charge in [-0.2, -0.15) is 5.10 Å². The van der Waals surface area contributed by atoms with E-state index in [1.54, 1.807) is 54.5 Å². The van der Waals surface area contributed by atoms with E-state index in [4.69, 9.17) is 0 Å². The number of aromatic nitrogens is 2. The largest absolute Gasteiger partial charge is 0.305 e. The summed E-state index contributed by atoms with van der Waals surface area (Å²) in [6.07, 6.45) is 3.35. The first-order valence-corrected chi connectivity index (χ1v) is 6.86. The number of aryl methyl sites for hydroxylation is 1. The fourth-order valence-corrected chi connectivity index (χ4v) is 1.99. The second-order valence-electron chi connectivity index (χ2n) is 3.81. The van der Waals surface area contributed by atoms with Gasteiger partial charge in [-0.15, -0.1) is 0 Å². The van der Waals surface area contributed by atoms with Crippen molar-refractivity contribution < 1.29 is 9.00 Å². The van der Waals surface area contributed by atoms with Crippen LogP contribution in [0.5, 0.6) is 0 Å². The molecule has 0 spiro atoms. The van der Waals surface area contributed by atoms with Gasteiger partial charge >= 0.3 is 0 Å². The molecule has 0 unspecified atom stereocenters. The first-order valence-electron chi connectivity index (χ1n) is 5.31. The van der Waals surface area contributed by atoms with Gasteiger partial charge in [-0.25, -0.2) is 0 Å². The fraction of sp³-hybridized carbons (Fsp3) is 0.167. The van der Waals surface area contributed by atoms with Gasteiger partial charge in [-0.3, -0.25) is 13.7 Å². The van der Waals surface area contributed by atoms with E-state index in [0.717, 1.165) is 0 Å². The third-order valence-corrected chi connectivity index (χ3v) is 3.34. The predicted molar refractivity (Wildman–Crippen MR) is 69.9 cm³/mol. The van der Waals surface area contributed by atoms with Crippen molar-refractivity contribution in [2.45, 2.75) is 4.90 Å². The molecule has 0 bridgehead atoms. The maximum absolute atomic E-state index is 11.9. The van der Waals surface area contributed by atoms with Crippen LogP contribution in [0.25, 0.3) is 0 Å². The topological polar surface area (TPSA) is 64.0 Å². The normalized spacial score (nSPS) is 12.1. The van der Waals surface area contributed by atoms with Crippen molar-refractivity contribution in [3.63, 3.8) is 0 Å². The Labute approximate surface area is 107 Å². The minimum Gasteiger partial charge on any atom is -0.305 e. The van der Waals surface area contributed by atoms with Crippen LogP contribution < -0.4 is 5.32 Å². The van der Waals surface area contributed by atoms with Gasteiger partial charge in [0.05, 0.1) is 0 Å². The van der Waals surface area contributed by atoms with E-state index in [2.05, 4.69) is 10.4 Å². The van der Waals surface area contributed by atoms with Crippen LogP contribution in [0.2, 0.25) is 0 Å². The quantitative estimate of drug-likeness (QED) is 0.910. The smallest absolute Gasteiger partial charge is 0.256 e. The molecular weight excluding hydrogens is 250 g/mol. The number of nitrogens with one attached hydrogen (secondary N) is 1. The van der Waals surface area contributed by atoms with E-state index in [-0.39, 0.29) is 5.91 Å². The lowest BCUT2D eigenvalue weighted by Gasteiger charge is -2.02. The van der Waals surface area contributed by atoms with Crippen LogP contribution in [-0.2, 0) is 17.8 Å². The van der Waals surface area contributed by atoms with Crippen LogP contribution in [0.1, 0.15) is 10.4 Å². The van der Waals surface area contributed by atoms with Crippen molar-refractivity contribution in [1.29, 1.82) is 0 Å². The summed E-state index contributed by atoms with van der Waals surface area (Å²) in [5, 5.41) is 6.74. The average molecular weight is 263 g/mol. The Morgan fingerprint density at radius 3 is 2.44 bits per heavy atom. The van der Waals surface area contributed by atoms with Crippen molar-refractivity contribution >= 4 is 22.5 Å². The van der Waals surface area contributed by atoms with Crippen molar-refractivity contribution in [2.75, 3.05) is 11.6 Å². The van der Waals surface area contributed by atoms with Gasteiger partial charge in [0.2, 0.25) is 0 Å². The molecule has 6 heteroatoms. The zero-order valence-corrected chi connectivity index (χ0v) is 10.9. The van der Waals surface area contributed by atoms with Gasteiger partial charge in [-0.05, 0) is 24.3 Å². The van der Waals surface area contributed by atoms with Gasteiger partial charge < -0.3 is 5.32 Å². The van der Waals surface area contributed by atoms with Crippen molar-refractivity contribution in [3.8, 4) is 0 Å². The molecule has 1 aromatic heterocycles. The standard InChI is InChI=1S/C12H13N3O2S/c1-15-8-7-11(14-15)13-12(16)9-3-5-10(6-4-9)18(2)17/h3-8H,1-2H3,(H,13,14,16)/t18-/m0/s1. The average Bonchev–Trinajstić information content (AvgIpc) is 2.75. The number of carbonyl (C=O) groups is 1. The molecular formula is C12H13N3O2S. The maximum Gasteiger partial charge on any atom is 0.256 e. The summed E-state index contributed by atoms with van der Waals surface area (Å²) in [7, 11) is 0.746. The highest BCUT2D eigenvalue weighted by atomic mass is 32.2. The third kappa shape index (κ3) is 2.84. The number of anilines is 1. The van der Waals surface area contributed by atoms with E-state index >= 15 is 0 Å². The summed E-state index contributed by atoms with van der Waals surface area (Å²) in [6.45, 7) is 0. The number of nitrogens with zero attached hydrogens (tertiary/aromatic N) is 2.